The molecular formula is C23H27N3O6. The van der Waals surface area contributed by atoms with Crippen LogP contribution in [0.1, 0.15) is 35.1 Å². The van der Waals surface area contributed by atoms with Gasteiger partial charge in [0, 0.05) is 18.7 Å². The van der Waals surface area contributed by atoms with Crippen molar-refractivity contribution < 1.29 is 28.3 Å². The fourth-order valence-corrected chi connectivity index (χ4v) is 4.48. The van der Waals surface area contributed by atoms with E-state index in [2.05, 4.69) is 5.32 Å². The molecule has 1 N–H and O–H groups in total. The van der Waals surface area contributed by atoms with Crippen molar-refractivity contribution in [1.29, 1.82) is 0 Å². The summed E-state index contributed by atoms with van der Waals surface area (Å²) in [6.07, 6.45) is 0.646. The summed E-state index contributed by atoms with van der Waals surface area (Å²) in [6, 6.07) is 4.94. The van der Waals surface area contributed by atoms with Crippen molar-refractivity contribution in [1.82, 2.24) is 15.1 Å². The van der Waals surface area contributed by atoms with E-state index in [-0.39, 0.29) is 12.5 Å². The molecule has 170 valence electrons. The van der Waals surface area contributed by atoms with Crippen molar-refractivity contribution in [2.75, 3.05) is 27.3 Å². The maximum atomic E-state index is 13.2. The highest BCUT2D eigenvalue weighted by Gasteiger charge is 2.51. The quantitative estimate of drug-likeness (QED) is 0.715. The maximum Gasteiger partial charge on any atom is 0.325 e. The first-order valence-electron chi connectivity index (χ1n) is 10.4. The molecule has 2 aliphatic rings. The Morgan fingerprint density at radius 1 is 1.12 bits per heavy atom. The van der Waals surface area contributed by atoms with E-state index in [4.69, 9.17) is 13.9 Å². The van der Waals surface area contributed by atoms with Crippen molar-refractivity contribution in [3.63, 3.8) is 0 Å². The summed E-state index contributed by atoms with van der Waals surface area (Å²) in [4.78, 5) is 41.5. The Balaban J connectivity index is 1.50. The second kappa shape index (κ2) is 7.89. The van der Waals surface area contributed by atoms with E-state index >= 15 is 0 Å². The average molecular weight is 441 g/mol. The van der Waals surface area contributed by atoms with Gasteiger partial charge in [0.2, 0.25) is 5.91 Å². The third-order valence-electron chi connectivity index (χ3n) is 6.22. The van der Waals surface area contributed by atoms with Gasteiger partial charge < -0.3 is 24.1 Å². The molecule has 9 heteroatoms. The number of rotatable bonds is 5. The van der Waals surface area contributed by atoms with E-state index in [1.165, 1.54) is 0 Å². The molecule has 4 amide bonds. The Kier molecular flexibility index (Phi) is 5.36. The van der Waals surface area contributed by atoms with Gasteiger partial charge in [-0.05, 0) is 56.5 Å². The number of urea groups is 1. The summed E-state index contributed by atoms with van der Waals surface area (Å²) >= 11 is 0. The second-order valence-corrected chi connectivity index (χ2v) is 8.31. The van der Waals surface area contributed by atoms with E-state index in [1.54, 1.807) is 46.0 Å². The molecule has 1 aromatic heterocycles. The molecule has 3 heterocycles. The summed E-state index contributed by atoms with van der Waals surface area (Å²) in [5, 5.41) is 2.73. The minimum absolute atomic E-state index is 0.293. The average Bonchev–Trinajstić information content (AvgIpc) is 3.23. The van der Waals surface area contributed by atoms with Gasteiger partial charge in [0.1, 0.15) is 23.6 Å². The normalized spacial score (nSPS) is 20.3. The zero-order chi connectivity index (χ0) is 23.2. The number of furan rings is 1. The van der Waals surface area contributed by atoms with Crippen molar-refractivity contribution in [2.24, 2.45) is 0 Å². The summed E-state index contributed by atoms with van der Waals surface area (Å²) in [7, 11) is 3.15. The minimum Gasteiger partial charge on any atom is -0.493 e. The van der Waals surface area contributed by atoms with Gasteiger partial charge in [0.15, 0.2) is 11.5 Å². The molecular weight excluding hydrogens is 414 g/mol. The maximum absolute atomic E-state index is 13.2. The molecule has 0 radical (unpaired) electrons. The minimum atomic E-state index is -1.27. The highest BCUT2D eigenvalue weighted by atomic mass is 16.5. The number of aryl methyl sites for hydroxylation is 2. The monoisotopic (exact) mass is 441 g/mol. The number of carbonyl (C=O) groups excluding carboxylic acids is 3. The zero-order valence-electron chi connectivity index (χ0n) is 18.9. The highest BCUT2D eigenvalue weighted by Crippen LogP contribution is 2.34. The summed E-state index contributed by atoms with van der Waals surface area (Å²) in [5.41, 5.74) is 1.36. The summed E-state index contributed by atoms with van der Waals surface area (Å²) in [6.45, 7) is 5.69. The van der Waals surface area contributed by atoms with Crippen LogP contribution in [0.2, 0.25) is 0 Å². The molecule has 0 saturated carbocycles. The first-order valence-corrected chi connectivity index (χ1v) is 10.4. The second-order valence-electron chi connectivity index (χ2n) is 8.31. The standard InChI is InChI=1S/C23H27N3O6/c1-13-8-17(14(2)32-13)23(3)21(28)26(22(29)24-23)12-20(27)25-7-6-15-9-18(30-4)19(31-5)10-16(15)11-25/h8-10H,6-7,11-12H2,1-5H3,(H,24,29). The Morgan fingerprint density at radius 2 is 1.78 bits per heavy atom. The zero-order valence-corrected chi connectivity index (χ0v) is 18.9. The molecule has 1 atom stereocenters. The van der Waals surface area contributed by atoms with E-state index < -0.39 is 17.5 Å². The van der Waals surface area contributed by atoms with Crippen molar-refractivity contribution >= 4 is 17.8 Å². The molecule has 2 aromatic rings. The van der Waals surface area contributed by atoms with Crippen LogP contribution in [0, 0.1) is 13.8 Å². The lowest BCUT2D eigenvalue weighted by atomic mass is 9.92. The van der Waals surface area contributed by atoms with Crippen LogP contribution in [0.4, 0.5) is 4.79 Å². The predicted octanol–water partition coefficient (Wildman–Crippen LogP) is 2.27. The van der Waals surface area contributed by atoms with Crippen LogP contribution >= 0.6 is 0 Å². The topological polar surface area (TPSA) is 101 Å². The number of amides is 4. The molecule has 0 spiro atoms. The van der Waals surface area contributed by atoms with E-state index in [1.807, 2.05) is 12.1 Å². The van der Waals surface area contributed by atoms with Gasteiger partial charge in [-0.2, -0.15) is 0 Å². The Morgan fingerprint density at radius 3 is 2.38 bits per heavy atom. The van der Waals surface area contributed by atoms with E-state index in [0.717, 1.165) is 16.0 Å². The number of carbonyl (C=O) groups is 3. The third kappa shape index (κ3) is 3.47. The smallest absolute Gasteiger partial charge is 0.325 e. The number of hydrogen-bond donors (Lipinski definition) is 1. The number of nitrogens with zero attached hydrogens (tertiary/aromatic N) is 2. The van der Waals surface area contributed by atoms with Crippen LogP contribution in [0.25, 0.3) is 0 Å². The van der Waals surface area contributed by atoms with Gasteiger partial charge in [0.25, 0.3) is 5.91 Å². The van der Waals surface area contributed by atoms with Crippen molar-refractivity contribution in [3.05, 3.63) is 46.4 Å². The number of hydrogen-bond acceptors (Lipinski definition) is 6. The van der Waals surface area contributed by atoms with Crippen LogP contribution in [-0.4, -0.2) is 55.0 Å². The largest absolute Gasteiger partial charge is 0.493 e. The molecule has 0 aliphatic carbocycles. The summed E-state index contributed by atoms with van der Waals surface area (Å²) < 4.78 is 16.3. The van der Waals surface area contributed by atoms with Crippen LogP contribution in [0.3, 0.4) is 0 Å². The SMILES string of the molecule is COc1cc2c(cc1OC)CN(C(=O)CN1C(=O)NC(C)(c3cc(C)oc3C)C1=O)CC2. The molecule has 2 aliphatic heterocycles. The molecule has 1 fully saturated rings. The lowest BCUT2D eigenvalue weighted by Gasteiger charge is -2.30. The number of imide groups is 1. The Hall–Kier alpha value is -3.49. The predicted molar refractivity (Wildman–Crippen MR) is 114 cm³/mol. The van der Waals surface area contributed by atoms with Gasteiger partial charge in [0.05, 0.1) is 14.2 Å². The molecule has 1 saturated heterocycles. The van der Waals surface area contributed by atoms with Gasteiger partial charge in [-0.3, -0.25) is 14.5 Å². The fourth-order valence-electron chi connectivity index (χ4n) is 4.48. The first kappa shape index (κ1) is 21.7. The van der Waals surface area contributed by atoms with Gasteiger partial charge in [-0.1, -0.05) is 0 Å². The summed E-state index contributed by atoms with van der Waals surface area (Å²) in [5.74, 6) is 1.69. The fraction of sp³-hybridized carbons (Fsp3) is 0.435. The molecule has 0 bridgehead atoms. The van der Waals surface area contributed by atoms with E-state index in [9.17, 15) is 14.4 Å². The van der Waals surface area contributed by atoms with Gasteiger partial charge in [-0.15, -0.1) is 0 Å². The Bertz CT molecular complexity index is 1110. The lowest BCUT2D eigenvalue weighted by molar-refractivity contribution is -0.139. The van der Waals surface area contributed by atoms with Gasteiger partial charge >= 0.3 is 6.03 Å². The third-order valence-corrected chi connectivity index (χ3v) is 6.22. The van der Waals surface area contributed by atoms with Gasteiger partial charge in [-0.25, -0.2) is 4.79 Å². The van der Waals surface area contributed by atoms with Crippen LogP contribution in [0.15, 0.2) is 22.6 Å². The lowest BCUT2D eigenvalue weighted by Crippen LogP contribution is -2.45. The molecule has 4 rings (SSSR count). The number of fused-ring (bicyclic) bond motifs is 1. The molecule has 1 unspecified atom stereocenters. The van der Waals surface area contributed by atoms with Crippen LogP contribution in [0.5, 0.6) is 11.5 Å². The van der Waals surface area contributed by atoms with Crippen molar-refractivity contribution in [2.45, 2.75) is 39.3 Å². The van der Waals surface area contributed by atoms with Crippen molar-refractivity contribution in [3.8, 4) is 11.5 Å². The van der Waals surface area contributed by atoms with Crippen LogP contribution in [-0.2, 0) is 28.1 Å². The van der Waals surface area contributed by atoms with E-state index in [0.29, 0.717) is 48.1 Å². The van der Waals surface area contributed by atoms with Crippen LogP contribution < -0.4 is 14.8 Å². The molecule has 9 nitrogen and oxygen atoms in total. The highest BCUT2D eigenvalue weighted by molar-refractivity contribution is 6.09. The number of methoxy groups -OCH3 is 2. The number of ether oxygens (including phenoxy) is 2. The number of nitrogens with one attached hydrogen (secondary N) is 1. The first-order chi connectivity index (χ1) is 15.2. The molecule has 32 heavy (non-hydrogen) atoms. The Labute approximate surface area is 186 Å². The number of benzene rings is 1. The molecule has 1 aromatic carbocycles.